The van der Waals surface area contributed by atoms with Crippen molar-refractivity contribution in [3.63, 3.8) is 0 Å². The second kappa shape index (κ2) is 10.8. The van der Waals surface area contributed by atoms with Crippen LogP contribution in [-0.4, -0.2) is 47.5 Å². The van der Waals surface area contributed by atoms with E-state index in [1.165, 1.54) is 33.5 Å². The highest BCUT2D eigenvalue weighted by atomic mass is 32.2. The van der Waals surface area contributed by atoms with Gasteiger partial charge in [-0.05, 0) is 48.6 Å². The topological polar surface area (TPSA) is 92.3 Å². The summed E-state index contributed by atoms with van der Waals surface area (Å²) in [4.78, 5) is 17.2. The summed E-state index contributed by atoms with van der Waals surface area (Å²) < 4.78 is 31.5. The van der Waals surface area contributed by atoms with Crippen LogP contribution < -0.4 is 5.32 Å². The molecule has 0 bridgehead atoms. The summed E-state index contributed by atoms with van der Waals surface area (Å²) in [6.07, 6.45) is 1.75. The molecule has 10 heteroatoms. The molecule has 33 heavy (non-hydrogen) atoms. The summed E-state index contributed by atoms with van der Waals surface area (Å²) in [6, 6.07) is 16.3. The van der Waals surface area contributed by atoms with Gasteiger partial charge in [-0.1, -0.05) is 49.0 Å². The Balaban J connectivity index is 1.30. The molecule has 174 valence electrons. The van der Waals surface area contributed by atoms with E-state index in [4.69, 9.17) is 0 Å². The molecule has 1 aliphatic rings. The number of rotatable bonds is 9. The van der Waals surface area contributed by atoms with E-state index in [0.29, 0.717) is 34.9 Å². The van der Waals surface area contributed by atoms with Crippen LogP contribution in [0.2, 0.25) is 0 Å². The van der Waals surface area contributed by atoms with E-state index in [2.05, 4.69) is 33.7 Å². The van der Waals surface area contributed by atoms with Crippen molar-refractivity contribution >= 4 is 44.2 Å². The zero-order valence-corrected chi connectivity index (χ0v) is 20.8. The number of anilines is 1. The van der Waals surface area contributed by atoms with Gasteiger partial charge in [0.1, 0.15) is 0 Å². The Hall–Kier alpha value is -2.27. The molecule has 0 saturated carbocycles. The quantitative estimate of drug-likeness (QED) is 0.339. The number of carbonyl (C=O) groups excluding carboxylic acids is 1. The first kappa shape index (κ1) is 23.9. The predicted molar refractivity (Wildman–Crippen MR) is 132 cm³/mol. The molecule has 0 aliphatic carbocycles. The maximum atomic E-state index is 12.8. The summed E-state index contributed by atoms with van der Waals surface area (Å²) in [5.41, 5.74) is 1.65. The van der Waals surface area contributed by atoms with Crippen molar-refractivity contribution in [3.8, 4) is 0 Å². The second-order valence-electron chi connectivity index (χ2n) is 8.04. The molecule has 2 heterocycles. The SMILES string of the molecule is CC1CCN(S(=O)(=O)c2ccc(C(=O)CNc3nc(SCc4ccccc4)ns3)cc2)CC1. The molecule has 0 amide bonds. The fourth-order valence-corrected chi connectivity index (χ4v) is 6.47. The lowest BCUT2D eigenvalue weighted by atomic mass is 10.0. The van der Waals surface area contributed by atoms with Gasteiger partial charge in [0.2, 0.25) is 20.3 Å². The maximum absolute atomic E-state index is 12.8. The number of ketones is 1. The first-order valence-electron chi connectivity index (χ1n) is 10.8. The van der Waals surface area contributed by atoms with Gasteiger partial charge in [0.05, 0.1) is 11.4 Å². The van der Waals surface area contributed by atoms with E-state index in [1.54, 1.807) is 23.9 Å². The minimum atomic E-state index is -3.52. The summed E-state index contributed by atoms with van der Waals surface area (Å²) in [5.74, 6) is 1.19. The lowest BCUT2D eigenvalue weighted by Gasteiger charge is -2.29. The number of Topliss-reactive ketones (excluding diaryl/α,β-unsaturated/α-hetero) is 1. The molecule has 3 aromatic rings. The number of benzene rings is 2. The molecule has 1 saturated heterocycles. The van der Waals surface area contributed by atoms with E-state index in [9.17, 15) is 13.2 Å². The standard InChI is InChI=1S/C23H26N4O3S3/c1-17-11-13-27(14-12-17)33(29,30)20-9-7-19(8-10-20)21(28)15-24-22-25-23(26-32-22)31-16-18-5-3-2-4-6-18/h2-10,17H,11-16H2,1H3,(H,24,25,26). The molecule has 1 aliphatic heterocycles. The highest BCUT2D eigenvalue weighted by Gasteiger charge is 2.28. The Bertz CT molecular complexity index is 1170. The summed E-state index contributed by atoms with van der Waals surface area (Å²) in [6.45, 7) is 3.29. The van der Waals surface area contributed by atoms with Gasteiger partial charge in [0, 0.05) is 35.9 Å². The van der Waals surface area contributed by atoms with Crippen LogP contribution in [-0.2, 0) is 15.8 Å². The van der Waals surface area contributed by atoms with Gasteiger partial charge in [-0.2, -0.15) is 13.7 Å². The molecular formula is C23H26N4O3S3. The second-order valence-corrected chi connectivity index (χ2v) is 11.7. The van der Waals surface area contributed by atoms with Crippen LogP contribution in [0.15, 0.2) is 64.6 Å². The molecular weight excluding hydrogens is 476 g/mol. The molecule has 1 fully saturated rings. The highest BCUT2D eigenvalue weighted by molar-refractivity contribution is 7.98. The number of nitrogens with one attached hydrogen (secondary N) is 1. The largest absolute Gasteiger partial charge is 0.353 e. The van der Waals surface area contributed by atoms with Gasteiger partial charge in [-0.15, -0.1) is 0 Å². The number of sulfonamides is 1. The van der Waals surface area contributed by atoms with E-state index in [0.717, 1.165) is 18.6 Å². The Morgan fingerprint density at radius 3 is 2.52 bits per heavy atom. The van der Waals surface area contributed by atoms with Crippen molar-refractivity contribution in [2.75, 3.05) is 25.0 Å². The number of hydrogen-bond donors (Lipinski definition) is 1. The van der Waals surface area contributed by atoms with Crippen molar-refractivity contribution < 1.29 is 13.2 Å². The third-order valence-electron chi connectivity index (χ3n) is 5.57. The van der Waals surface area contributed by atoms with Crippen LogP contribution in [0.4, 0.5) is 5.13 Å². The van der Waals surface area contributed by atoms with Crippen LogP contribution >= 0.6 is 23.3 Å². The van der Waals surface area contributed by atoms with E-state index in [1.807, 2.05) is 18.2 Å². The van der Waals surface area contributed by atoms with Gasteiger partial charge >= 0.3 is 0 Å². The molecule has 1 aromatic heterocycles. The first-order valence-corrected chi connectivity index (χ1v) is 14.0. The minimum Gasteiger partial charge on any atom is -0.353 e. The van der Waals surface area contributed by atoms with Gasteiger partial charge in [-0.25, -0.2) is 8.42 Å². The van der Waals surface area contributed by atoms with E-state index in [-0.39, 0.29) is 17.2 Å². The molecule has 7 nitrogen and oxygen atoms in total. The highest BCUT2D eigenvalue weighted by Crippen LogP contribution is 2.25. The number of piperidine rings is 1. The fourth-order valence-electron chi connectivity index (χ4n) is 3.51. The molecule has 1 N–H and O–H groups in total. The number of carbonyl (C=O) groups is 1. The number of thioether (sulfide) groups is 1. The lowest BCUT2D eigenvalue weighted by molar-refractivity contribution is 0.101. The average molecular weight is 503 g/mol. The first-order chi connectivity index (χ1) is 15.9. The molecule has 0 unspecified atom stereocenters. The van der Waals surface area contributed by atoms with Crippen molar-refractivity contribution in [2.45, 2.75) is 35.6 Å². The van der Waals surface area contributed by atoms with Gasteiger partial charge in [-0.3, -0.25) is 4.79 Å². The van der Waals surface area contributed by atoms with Crippen LogP contribution in [0.1, 0.15) is 35.7 Å². The Morgan fingerprint density at radius 1 is 1.12 bits per heavy atom. The van der Waals surface area contributed by atoms with Crippen molar-refractivity contribution in [2.24, 2.45) is 5.92 Å². The van der Waals surface area contributed by atoms with Crippen LogP contribution in [0, 0.1) is 5.92 Å². The Labute approximate surface area is 202 Å². The monoisotopic (exact) mass is 502 g/mol. The Kier molecular flexibility index (Phi) is 7.79. The van der Waals surface area contributed by atoms with Crippen molar-refractivity contribution in [3.05, 3.63) is 65.7 Å². The van der Waals surface area contributed by atoms with Crippen LogP contribution in [0.25, 0.3) is 0 Å². The molecule has 2 aromatic carbocycles. The van der Waals surface area contributed by atoms with E-state index >= 15 is 0 Å². The van der Waals surface area contributed by atoms with Gasteiger partial charge in [0.25, 0.3) is 0 Å². The van der Waals surface area contributed by atoms with Gasteiger partial charge < -0.3 is 5.32 Å². The average Bonchev–Trinajstić information content (AvgIpc) is 3.30. The zero-order chi connectivity index (χ0) is 23.3. The number of aromatic nitrogens is 2. The fraction of sp³-hybridized carbons (Fsp3) is 0.348. The maximum Gasteiger partial charge on any atom is 0.243 e. The summed E-state index contributed by atoms with van der Waals surface area (Å²) in [5, 5.41) is 4.27. The third kappa shape index (κ3) is 6.20. The Morgan fingerprint density at radius 2 is 1.82 bits per heavy atom. The zero-order valence-electron chi connectivity index (χ0n) is 18.3. The molecule has 4 rings (SSSR count). The molecule has 0 radical (unpaired) electrons. The smallest absolute Gasteiger partial charge is 0.243 e. The van der Waals surface area contributed by atoms with Crippen molar-refractivity contribution in [1.29, 1.82) is 0 Å². The summed E-state index contributed by atoms with van der Waals surface area (Å²) >= 11 is 2.76. The third-order valence-corrected chi connectivity index (χ3v) is 9.19. The number of nitrogens with zero attached hydrogens (tertiary/aromatic N) is 3. The van der Waals surface area contributed by atoms with Crippen molar-refractivity contribution in [1.82, 2.24) is 13.7 Å². The van der Waals surface area contributed by atoms with Crippen LogP contribution in [0.5, 0.6) is 0 Å². The van der Waals surface area contributed by atoms with Gasteiger partial charge in [0.15, 0.2) is 5.78 Å². The van der Waals surface area contributed by atoms with Crippen LogP contribution in [0.3, 0.4) is 0 Å². The summed E-state index contributed by atoms with van der Waals surface area (Å²) in [7, 11) is -3.52. The number of hydrogen-bond acceptors (Lipinski definition) is 8. The molecule has 0 atom stereocenters. The minimum absolute atomic E-state index is 0.0636. The lowest BCUT2D eigenvalue weighted by Crippen LogP contribution is -2.37. The normalized spacial score (nSPS) is 15.4. The van der Waals surface area contributed by atoms with E-state index < -0.39 is 10.0 Å². The molecule has 0 spiro atoms. The predicted octanol–water partition coefficient (Wildman–Crippen LogP) is 4.55.